The van der Waals surface area contributed by atoms with Crippen molar-refractivity contribution in [1.29, 1.82) is 0 Å². The fourth-order valence-corrected chi connectivity index (χ4v) is 2.65. The zero-order chi connectivity index (χ0) is 17.3. The summed E-state index contributed by atoms with van der Waals surface area (Å²) in [7, 11) is 0. The van der Waals surface area contributed by atoms with Crippen molar-refractivity contribution in [2.45, 2.75) is 6.54 Å². The van der Waals surface area contributed by atoms with Crippen LogP contribution in [-0.4, -0.2) is 23.6 Å². The third-order valence-electron chi connectivity index (χ3n) is 3.64. The van der Waals surface area contributed by atoms with Gasteiger partial charge in [-0.15, -0.1) is 0 Å². The highest BCUT2D eigenvalue weighted by atomic mass is 35.5. The van der Waals surface area contributed by atoms with Crippen LogP contribution in [-0.2, 0) is 11.3 Å². The Morgan fingerprint density at radius 2 is 2.12 bits per heavy atom. The van der Waals surface area contributed by atoms with E-state index >= 15 is 0 Å². The summed E-state index contributed by atoms with van der Waals surface area (Å²) < 4.78 is 5.35. The summed E-state index contributed by atoms with van der Waals surface area (Å²) in [6, 6.07) is 9.18. The molecule has 0 radical (unpaired) electrons. The average molecular weight is 343 g/mol. The number of halogens is 1. The Bertz CT molecular complexity index is 889. The largest absolute Gasteiger partial charge is 0.482 e. The summed E-state index contributed by atoms with van der Waals surface area (Å²) in [5.41, 5.74) is 1.51. The minimum Gasteiger partial charge on any atom is -0.482 e. The Morgan fingerprint density at radius 3 is 2.79 bits per heavy atom. The first kappa shape index (κ1) is 15.8. The summed E-state index contributed by atoms with van der Waals surface area (Å²) in [5.74, 6) is -0.945. The normalized spacial score (nSPS) is 13.0. The molecule has 0 aliphatic carbocycles. The predicted molar refractivity (Wildman–Crippen MR) is 87.8 cm³/mol. The molecule has 0 saturated carbocycles. The number of hydrogen-bond donors (Lipinski definition) is 1. The number of amides is 1. The Kier molecular flexibility index (Phi) is 4.11. The molecule has 1 aliphatic rings. The standard InChI is InChI=1S/C17H11ClN2O4/c1-19-12-4-2-11(13(18)7-12)8-20-14-6-10(17(22)23)3-5-15(14)24-9-16(20)21/h2-7H,8-9H2,(H,22,23). The number of carboxylic acids is 1. The quantitative estimate of drug-likeness (QED) is 0.866. The van der Waals surface area contributed by atoms with Gasteiger partial charge in [-0.1, -0.05) is 23.7 Å². The number of aromatic carboxylic acids is 1. The second-order valence-corrected chi connectivity index (χ2v) is 5.55. The van der Waals surface area contributed by atoms with Gasteiger partial charge in [-0.25, -0.2) is 9.64 Å². The minimum atomic E-state index is -1.09. The fourth-order valence-electron chi connectivity index (χ4n) is 2.41. The fraction of sp³-hybridized carbons (Fsp3) is 0.118. The van der Waals surface area contributed by atoms with Gasteiger partial charge in [0.2, 0.25) is 0 Å². The van der Waals surface area contributed by atoms with Gasteiger partial charge in [0.1, 0.15) is 5.75 Å². The Morgan fingerprint density at radius 1 is 1.33 bits per heavy atom. The number of carboxylic acid groups (broad SMARTS) is 1. The molecule has 0 saturated heterocycles. The molecule has 1 amide bonds. The maximum Gasteiger partial charge on any atom is 0.335 e. The summed E-state index contributed by atoms with van der Waals surface area (Å²) in [4.78, 5) is 28.1. The topological polar surface area (TPSA) is 71.2 Å². The highest BCUT2D eigenvalue weighted by Gasteiger charge is 2.27. The first-order valence-corrected chi connectivity index (χ1v) is 7.34. The van der Waals surface area contributed by atoms with Crippen LogP contribution in [0.5, 0.6) is 5.75 Å². The van der Waals surface area contributed by atoms with Crippen molar-refractivity contribution in [2.75, 3.05) is 11.5 Å². The minimum absolute atomic E-state index is 0.0616. The Balaban J connectivity index is 2.00. The predicted octanol–water partition coefficient (Wildman–Crippen LogP) is 3.51. The van der Waals surface area contributed by atoms with Crippen molar-refractivity contribution in [3.63, 3.8) is 0 Å². The third-order valence-corrected chi connectivity index (χ3v) is 3.99. The molecule has 2 aromatic carbocycles. The number of nitrogens with zero attached hydrogens (tertiary/aromatic N) is 2. The lowest BCUT2D eigenvalue weighted by atomic mass is 10.1. The number of fused-ring (bicyclic) bond motifs is 1. The maximum atomic E-state index is 12.2. The van der Waals surface area contributed by atoms with Gasteiger partial charge in [-0.3, -0.25) is 4.79 Å². The van der Waals surface area contributed by atoms with Gasteiger partial charge in [-0.05, 0) is 29.8 Å². The van der Waals surface area contributed by atoms with E-state index < -0.39 is 5.97 Å². The van der Waals surface area contributed by atoms with Crippen molar-refractivity contribution in [1.82, 2.24) is 0 Å². The van der Waals surface area contributed by atoms with Crippen LogP contribution in [0.3, 0.4) is 0 Å². The molecule has 3 rings (SSSR count). The van der Waals surface area contributed by atoms with E-state index in [0.29, 0.717) is 27.7 Å². The molecule has 0 fully saturated rings. The van der Waals surface area contributed by atoms with Crippen molar-refractivity contribution >= 4 is 34.9 Å². The highest BCUT2D eigenvalue weighted by Crippen LogP contribution is 2.35. The van der Waals surface area contributed by atoms with E-state index in [9.17, 15) is 9.59 Å². The van der Waals surface area contributed by atoms with Crippen molar-refractivity contribution in [2.24, 2.45) is 0 Å². The van der Waals surface area contributed by atoms with Crippen LogP contribution in [0.4, 0.5) is 11.4 Å². The molecule has 0 bridgehead atoms. The lowest BCUT2D eigenvalue weighted by Gasteiger charge is -2.30. The van der Waals surface area contributed by atoms with Crippen LogP contribution in [0.15, 0.2) is 36.4 Å². The molecular formula is C17H11ClN2O4. The molecule has 0 unspecified atom stereocenters. The van der Waals surface area contributed by atoms with Gasteiger partial charge in [-0.2, -0.15) is 0 Å². The molecule has 120 valence electrons. The van der Waals surface area contributed by atoms with Crippen LogP contribution in [0.25, 0.3) is 4.85 Å². The first-order valence-electron chi connectivity index (χ1n) is 6.96. The van der Waals surface area contributed by atoms with Gasteiger partial charge < -0.3 is 14.7 Å². The number of anilines is 1. The number of benzene rings is 2. The molecule has 24 heavy (non-hydrogen) atoms. The molecule has 0 atom stereocenters. The lowest BCUT2D eigenvalue weighted by Crippen LogP contribution is -2.38. The Hall–Kier alpha value is -3.04. The van der Waals surface area contributed by atoms with Crippen LogP contribution >= 0.6 is 11.6 Å². The van der Waals surface area contributed by atoms with E-state index in [1.165, 1.54) is 29.2 Å². The van der Waals surface area contributed by atoms with E-state index in [1.54, 1.807) is 12.1 Å². The van der Waals surface area contributed by atoms with Crippen LogP contribution in [0.2, 0.25) is 5.02 Å². The Labute approximate surface area is 142 Å². The smallest absolute Gasteiger partial charge is 0.335 e. The van der Waals surface area contributed by atoms with E-state index in [-0.39, 0.29) is 24.6 Å². The molecule has 7 heteroatoms. The van der Waals surface area contributed by atoms with Gasteiger partial charge >= 0.3 is 5.97 Å². The molecular weight excluding hydrogens is 332 g/mol. The zero-order valence-corrected chi connectivity index (χ0v) is 13.1. The lowest BCUT2D eigenvalue weighted by molar-refractivity contribution is -0.121. The maximum absolute atomic E-state index is 12.2. The van der Waals surface area contributed by atoms with Crippen molar-refractivity contribution in [3.8, 4) is 5.75 Å². The van der Waals surface area contributed by atoms with E-state index in [2.05, 4.69) is 4.85 Å². The second kappa shape index (κ2) is 6.22. The van der Waals surface area contributed by atoms with E-state index in [0.717, 1.165) is 0 Å². The highest BCUT2D eigenvalue weighted by molar-refractivity contribution is 6.31. The summed E-state index contributed by atoms with van der Waals surface area (Å²) in [6.45, 7) is 7.02. The van der Waals surface area contributed by atoms with Gasteiger partial charge in [0.15, 0.2) is 12.3 Å². The summed E-state index contributed by atoms with van der Waals surface area (Å²) in [5, 5.41) is 9.51. The first-order chi connectivity index (χ1) is 11.5. The number of carbonyl (C=O) groups is 2. The van der Waals surface area contributed by atoms with E-state index in [4.69, 9.17) is 28.0 Å². The molecule has 0 aromatic heterocycles. The van der Waals surface area contributed by atoms with Crippen molar-refractivity contribution < 1.29 is 19.4 Å². The average Bonchev–Trinajstić information content (AvgIpc) is 2.58. The van der Waals surface area contributed by atoms with Gasteiger partial charge in [0, 0.05) is 5.02 Å². The van der Waals surface area contributed by atoms with Crippen LogP contribution in [0.1, 0.15) is 15.9 Å². The monoisotopic (exact) mass is 342 g/mol. The second-order valence-electron chi connectivity index (χ2n) is 5.14. The van der Waals surface area contributed by atoms with Gasteiger partial charge in [0.05, 0.1) is 24.4 Å². The molecule has 1 N–H and O–H groups in total. The summed E-state index contributed by atoms with van der Waals surface area (Å²) >= 11 is 6.18. The number of ether oxygens (including phenoxy) is 1. The van der Waals surface area contributed by atoms with Gasteiger partial charge in [0.25, 0.3) is 5.91 Å². The number of hydrogen-bond acceptors (Lipinski definition) is 3. The molecule has 2 aromatic rings. The SMILES string of the molecule is [C-]#[N+]c1ccc(CN2C(=O)COc3ccc(C(=O)O)cc32)c(Cl)c1. The molecule has 6 nitrogen and oxygen atoms in total. The van der Waals surface area contributed by atoms with E-state index in [1.807, 2.05) is 0 Å². The number of carbonyl (C=O) groups excluding carboxylic acids is 1. The van der Waals surface area contributed by atoms with Crippen LogP contribution in [0, 0.1) is 6.57 Å². The molecule has 1 aliphatic heterocycles. The van der Waals surface area contributed by atoms with Crippen molar-refractivity contribution in [3.05, 3.63) is 64.0 Å². The summed E-state index contributed by atoms with van der Waals surface area (Å²) in [6.07, 6.45) is 0. The zero-order valence-electron chi connectivity index (χ0n) is 12.3. The number of rotatable bonds is 3. The van der Waals surface area contributed by atoms with Crippen LogP contribution < -0.4 is 9.64 Å². The third kappa shape index (κ3) is 2.90. The molecule has 1 heterocycles. The molecule has 0 spiro atoms.